The zero-order valence-electron chi connectivity index (χ0n) is 11.3. The number of rotatable bonds is 4. The predicted molar refractivity (Wildman–Crippen MR) is 69.6 cm³/mol. The molecule has 8 heteroatoms. The highest BCUT2D eigenvalue weighted by Crippen LogP contribution is 2.08. The third-order valence-corrected chi connectivity index (χ3v) is 2.73. The summed E-state index contributed by atoms with van der Waals surface area (Å²) in [6, 6.07) is 0. The van der Waals surface area contributed by atoms with E-state index < -0.39 is 0 Å². The summed E-state index contributed by atoms with van der Waals surface area (Å²) in [5.41, 5.74) is 1.14. The van der Waals surface area contributed by atoms with Crippen LogP contribution < -0.4 is 0 Å². The van der Waals surface area contributed by atoms with Gasteiger partial charge in [0.1, 0.15) is 19.9 Å². The molecule has 1 N–H and O–H groups in total. The third-order valence-electron chi connectivity index (χ3n) is 2.73. The third kappa shape index (κ3) is 3.94. The fourth-order valence-corrected chi connectivity index (χ4v) is 1.75. The fraction of sp³-hybridized carbons (Fsp3) is 0.636. The lowest BCUT2D eigenvalue weighted by Crippen LogP contribution is -2.44. The Hall–Kier alpha value is -2.12. The van der Waals surface area contributed by atoms with Gasteiger partial charge >= 0.3 is 0 Å². The molecule has 106 valence electrons. The highest BCUT2D eigenvalue weighted by Gasteiger charge is 2.26. The van der Waals surface area contributed by atoms with Gasteiger partial charge in [0.05, 0.1) is 5.71 Å². The van der Waals surface area contributed by atoms with Gasteiger partial charge in [0.2, 0.25) is 0 Å². The Bertz CT molecular complexity index is 407. The molecule has 0 aromatic heterocycles. The summed E-state index contributed by atoms with van der Waals surface area (Å²) in [4.78, 5) is 23.2. The number of hydrogen-bond acceptors (Lipinski definition) is 7. The standard InChI is InChI=1S/C11H18N4O4/c1-8(13-18-2)10(14-19-3)11(16)15-6-4-9(12-17)5-7-15/h17H,4-7H2,1-3H3. The van der Waals surface area contributed by atoms with Crippen LogP contribution in [0.3, 0.4) is 0 Å². The van der Waals surface area contributed by atoms with Crippen molar-refractivity contribution in [3.8, 4) is 0 Å². The minimum atomic E-state index is -0.280. The minimum Gasteiger partial charge on any atom is -0.411 e. The summed E-state index contributed by atoms with van der Waals surface area (Å²) in [5, 5.41) is 19.2. The zero-order chi connectivity index (χ0) is 14.3. The maximum absolute atomic E-state index is 12.3. The second kappa shape index (κ2) is 7.34. The molecule has 1 rings (SSSR count). The average Bonchev–Trinajstić information content (AvgIpc) is 2.44. The molecule has 0 aromatic rings. The van der Waals surface area contributed by atoms with Crippen LogP contribution in [0.1, 0.15) is 19.8 Å². The number of hydrogen-bond donors (Lipinski definition) is 1. The smallest absolute Gasteiger partial charge is 0.277 e. The number of piperidine rings is 1. The molecule has 0 saturated carbocycles. The molecule has 1 amide bonds. The van der Waals surface area contributed by atoms with Crippen LogP contribution in [-0.4, -0.2) is 60.5 Å². The summed E-state index contributed by atoms with van der Waals surface area (Å²) in [6.45, 7) is 2.56. The van der Waals surface area contributed by atoms with Crippen molar-refractivity contribution in [3.05, 3.63) is 0 Å². The molecule has 19 heavy (non-hydrogen) atoms. The van der Waals surface area contributed by atoms with Gasteiger partial charge in [-0.25, -0.2) is 0 Å². The van der Waals surface area contributed by atoms with Gasteiger partial charge in [0, 0.05) is 25.9 Å². The van der Waals surface area contributed by atoms with Crippen molar-refractivity contribution in [1.29, 1.82) is 0 Å². The number of nitrogens with zero attached hydrogens (tertiary/aromatic N) is 4. The zero-order valence-corrected chi connectivity index (χ0v) is 11.3. The first kappa shape index (κ1) is 14.9. The Morgan fingerprint density at radius 1 is 1.21 bits per heavy atom. The van der Waals surface area contributed by atoms with Crippen LogP contribution in [-0.2, 0) is 14.5 Å². The van der Waals surface area contributed by atoms with Crippen LogP contribution >= 0.6 is 0 Å². The van der Waals surface area contributed by atoms with E-state index in [1.54, 1.807) is 11.8 Å². The van der Waals surface area contributed by atoms with Crippen LogP contribution in [0.4, 0.5) is 0 Å². The minimum absolute atomic E-state index is 0.105. The molecule has 0 bridgehead atoms. The van der Waals surface area contributed by atoms with Crippen molar-refractivity contribution >= 4 is 23.0 Å². The Morgan fingerprint density at radius 2 is 1.79 bits per heavy atom. The first-order chi connectivity index (χ1) is 9.13. The molecule has 1 heterocycles. The van der Waals surface area contributed by atoms with Crippen molar-refractivity contribution in [1.82, 2.24) is 4.90 Å². The van der Waals surface area contributed by atoms with Gasteiger partial charge in [-0.05, 0) is 6.92 Å². The summed E-state index contributed by atoms with van der Waals surface area (Å²) in [5.74, 6) is -0.280. The van der Waals surface area contributed by atoms with Crippen molar-refractivity contribution in [2.75, 3.05) is 27.3 Å². The Kier molecular flexibility index (Phi) is 5.77. The number of carbonyl (C=O) groups is 1. The quantitative estimate of drug-likeness (QED) is 0.456. The largest absolute Gasteiger partial charge is 0.411 e. The van der Waals surface area contributed by atoms with Gasteiger partial charge in [0.25, 0.3) is 5.91 Å². The Balaban J connectivity index is 2.79. The molecule has 0 aliphatic carbocycles. The Morgan fingerprint density at radius 3 is 2.26 bits per heavy atom. The second-order valence-electron chi connectivity index (χ2n) is 3.94. The topological polar surface area (TPSA) is 96.1 Å². The lowest BCUT2D eigenvalue weighted by molar-refractivity contribution is -0.124. The number of carbonyl (C=O) groups excluding carboxylic acids is 1. The van der Waals surface area contributed by atoms with Gasteiger partial charge < -0.3 is 19.8 Å². The summed E-state index contributed by atoms with van der Waals surface area (Å²) in [7, 11) is 2.75. The SMILES string of the molecule is CON=C(C)C(=NOC)C(=O)N1CCC(=NO)CC1. The Labute approximate surface area is 111 Å². The molecule has 1 aliphatic heterocycles. The van der Waals surface area contributed by atoms with Crippen LogP contribution in [0.15, 0.2) is 15.5 Å². The number of likely N-dealkylation sites (tertiary alicyclic amines) is 1. The van der Waals surface area contributed by atoms with Gasteiger partial charge in [-0.3, -0.25) is 4.79 Å². The first-order valence-corrected chi connectivity index (χ1v) is 5.82. The van der Waals surface area contributed by atoms with Crippen LogP contribution in [0.25, 0.3) is 0 Å². The van der Waals surface area contributed by atoms with Gasteiger partial charge in [-0.1, -0.05) is 15.5 Å². The molecule has 0 spiro atoms. The molecule has 0 aromatic carbocycles. The summed E-state index contributed by atoms with van der Waals surface area (Å²) in [6.07, 6.45) is 1.09. The van der Waals surface area contributed by atoms with Crippen LogP contribution in [0, 0.1) is 0 Å². The van der Waals surface area contributed by atoms with E-state index >= 15 is 0 Å². The molecule has 0 radical (unpaired) electrons. The maximum atomic E-state index is 12.3. The molecular weight excluding hydrogens is 252 g/mol. The van der Waals surface area contributed by atoms with E-state index in [1.807, 2.05) is 0 Å². The monoisotopic (exact) mass is 270 g/mol. The number of oxime groups is 3. The van der Waals surface area contributed by atoms with Crippen molar-refractivity contribution in [2.45, 2.75) is 19.8 Å². The van der Waals surface area contributed by atoms with E-state index in [1.165, 1.54) is 14.2 Å². The predicted octanol–water partition coefficient (Wildman–Crippen LogP) is 0.464. The van der Waals surface area contributed by atoms with Crippen LogP contribution in [0.2, 0.25) is 0 Å². The van der Waals surface area contributed by atoms with Crippen LogP contribution in [0.5, 0.6) is 0 Å². The average molecular weight is 270 g/mol. The molecule has 8 nitrogen and oxygen atoms in total. The van der Waals surface area contributed by atoms with E-state index in [0.717, 1.165) is 0 Å². The first-order valence-electron chi connectivity index (χ1n) is 5.82. The van der Waals surface area contributed by atoms with Gasteiger partial charge in [-0.2, -0.15) is 0 Å². The highest BCUT2D eigenvalue weighted by molar-refractivity contribution is 6.66. The molecule has 0 unspecified atom stereocenters. The highest BCUT2D eigenvalue weighted by atomic mass is 16.6. The van der Waals surface area contributed by atoms with E-state index in [4.69, 9.17) is 5.21 Å². The van der Waals surface area contributed by atoms with Crippen molar-refractivity contribution in [2.24, 2.45) is 15.5 Å². The normalized spacial score (nSPS) is 17.2. The van der Waals surface area contributed by atoms with Gasteiger partial charge in [-0.15, -0.1) is 0 Å². The van der Waals surface area contributed by atoms with E-state index in [9.17, 15) is 4.79 Å². The lowest BCUT2D eigenvalue weighted by Gasteiger charge is -2.27. The van der Waals surface area contributed by atoms with Crippen molar-refractivity contribution in [3.63, 3.8) is 0 Å². The molecule has 1 aliphatic rings. The lowest BCUT2D eigenvalue weighted by atomic mass is 10.1. The molecule has 0 atom stereocenters. The number of amides is 1. The van der Waals surface area contributed by atoms with E-state index in [0.29, 0.717) is 37.4 Å². The van der Waals surface area contributed by atoms with Gasteiger partial charge in [0.15, 0.2) is 5.71 Å². The summed E-state index contributed by atoms with van der Waals surface area (Å²) < 4.78 is 0. The molecule has 1 fully saturated rings. The maximum Gasteiger partial charge on any atom is 0.277 e. The van der Waals surface area contributed by atoms with E-state index in [2.05, 4.69) is 25.1 Å². The van der Waals surface area contributed by atoms with Crippen molar-refractivity contribution < 1.29 is 19.7 Å². The molecule has 1 saturated heterocycles. The van der Waals surface area contributed by atoms with E-state index in [-0.39, 0.29) is 11.6 Å². The fourth-order valence-electron chi connectivity index (χ4n) is 1.75. The summed E-state index contributed by atoms with van der Waals surface area (Å²) >= 11 is 0. The molecular formula is C11H18N4O4. The second-order valence-corrected chi connectivity index (χ2v) is 3.94.